The highest BCUT2D eigenvalue weighted by molar-refractivity contribution is 5.98. The molecule has 12 heavy (non-hydrogen) atoms. The van der Waals surface area contributed by atoms with Crippen molar-refractivity contribution < 1.29 is 9.18 Å². The number of benzene rings is 1. The molecule has 0 aliphatic rings. The molecule has 1 aromatic rings. The summed E-state index contributed by atoms with van der Waals surface area (Å²) in [5.74, 6) is -1.12. The molecular weight excluding hydrogens is 159 g/mol. The molecular formula is C8H9FN2O. The van der Waals surface area contributed by atoms with Gasteiger partial charge in [0, 0.05) is 7.05 Å². The number of nitrogens with one attached hydrogen (secondary N) is 1. The molecule has 0 aliphatic heterocycles. The third kappa shape index (κ3) is 1.37. The lowest BCUT2D eigenvalue weighted by atomic mass is 10.1. The van der Waals surface area contributed by atoms with E-state index in [0.29, 0.717) is 0 Å². The van der Waals surface area contributed by atoms with Gasteiger partial charge in [-0.1, -0.05) is 6.07 Å². The lowest BCUT2D eigenvalue weighted by Gasteiger charge is -2.05. The molecule has 0 radical (unpaired) electrons. The maximum Gasteiger partial charge on any atom is 0.250 e. The molecule has 1 rings (SSSR count). The number of nitrogens with two attached hydrogens (primary N) is 1. The number of rotatable bonds is 2. The maximum absolute atomic E-state index is 12.9. The zero-order valence-electron chi connectivity index (χ0n) is 6.60. The zero-order valence-corrected chi connectivity index (χ0v) is 6.60. The molecule has 0 bridgehead atoms. The fourth-order valence-electron chi connectivity index (χ4n) is 0.984. The van der Waals surface area contributed by atoms with Gasteiger partial charge in [0.25, 0.3) is 5.91 Å². The van der Waals surface area contributed by atoms with Crippen molar-refractivity contribution in [1.29, 1.82) is 0 Å². The van der Waals surface area contributed by atoms with Crippen LogP contribution in [0.15, 0.2) is 18.2 Å². The summed E-state index contributed by atoms with van der Waals surface area (Å²) in [6.07, 6.45) is 0. The molecule has 0 unspecified atom stereocenters. The first kappa shape index (κ1) is 8.52. The normalized spacial score (nSPS) is 9.50. The largest absolute Gasteiger partial charge is 0.385 e. The molecule has 0 aliphatic carbocycles. The van der Waals surface area contributed by atoms with Gasteiger partial charge in [0.15, 0.2) is 0 Å². The molecule has 1 amide bonds. The molecule has 0 atom stereocenters. The average molecular weight is 168 g/mol. The Morgan fingerprint density at radius 3 is 2.67 bits per heavy atom. The summed E-state index contributed by atoms with van der Waals surface area (Å²) in [6.45, 7) is 0. The van der Waals surface area contributed by atoms with E-state index < -0.39 is 11.7 Å². The Labute approximate surface area is 69.4 Å². The van der Waals surface area contributed by atoms with Crippen molar-refractivity contribution >= 4 is 11.6 Å². The van der Waals surface area contributed by atoms with Crippen LogP contribution in [-0.2, 0) is 0 Å². The van der Waals surface area contributed by atoms with Gasteiger partial charge >= 0.3 is 0 Å². The van der Waals surface area contributed by atoms with Crippen LogP contribution in [0.5, 0.6) is 0 Å². The summed E-state index contributed by atoms with van der Waals surface area (Å²) in [4.78, 5) is 10.7. The van der Waals surface area contributed by atoms with E-state index in [-0.39, 0.29) is 11.3 Å². The molecule has 0 saturated heterocycles. The van der Waals surface area contributed by atoms with Gasteiger partial charge in [-0.3, -0.25) is 4.79 Å². The number of hydrogen-bond acceptors (Lipinski definition) is 2. The summed E-state index contributed by atoms with van der Waals surface area (Å²) in [5, 5.41) is 2.57. The summed E-state index contributed by atoms with van der Waals surface area (Å²) in [5.41, 5.74) is 5.32. The van der Waals surface area contributed by atoms with Crippen molar-refractivity contribution in [2.45, 2.75) is 0 Å². The van der Waals surface area contributed by atoms with Crippen molar-refractivity contribution in [3.63, 3.8) is 0 Å². The minimum atomic E-state index is -0.640. The highest BCUT2D eigenvalue weighted by atomic mass is 19.1. The first-order chi connectivity index (χ1) is 5.66. The van der Waals surface area contributed by atoms with Crippen molar-refractivity contribution in [2.24, 2.45) is 5.73 Å². The fraction of sp³-hybridized carbons (Fsp3) is 0.125. The third-order valence-corrected chi connectivity index (χ3v) is 1.53. The summed E-state index contributed by atoms with van der Waals surface area (Å²) in [6, 6.07) is 4.17. The second-order valence-electron chi connectivity index (χ2n) is 2.28. The minimum Gasteiger partial charge on any atom is -0.385 e. The van der Waals surface area contributed by atoms with Crippen molar-refractivity contribution in [3.05, 3.63) is 29.6 Å². The lowest BCUT2D eigenvalue weighted by Crippen LogP contribution is -2.14. The quantitative estimate of drug-likeness (QED) is 0.691. The van der Waals surface area contributed by atoms with Gasteiger partial charge < -0.3 is 11.1 Å². The number of amides is 1. The monoisotopic (exact) mass is 168 g/mol. The number of primary amides is 1. The van der Waals surface area contributed by atoms with E-state index in [2.05, 4.69) is 5.32 Å². The van der Waals surface area contributed by atoms with Crippen molar-refractivity contribution in [1.82, 2.24) is 0 Å². The second-order valence-corrected chi connectivity index (χ2v) is 2.28. The summed E-state index contributed by atoms with van der Waals surface area (Å²) < 4.78 is 12.9. The number of carbonyl (C=O) groups is 1. The first-order valence-electron chi connectivity index (χ1n) is 3.43. The molecule has 3 nitrogen and oxygen atoms in total. The van der Waals surface area contributed by atoms with Crippen molar-refractivity contribution in [2.75, 3.05) is 12.4 Å². The van der Waals surface area contributed by atoms with Gasteiger partial charge in [0.05, 0.1) is 11.3 Å². The summed E-state index contributed by atoms with van der Waals surface area (Å²) in [7, 11) is 1.53. The highest BCUT2D eigenvalue weighted by Gasteiger charge is 2.09. The third-order valence-electron chi connectivity index (χ3n) is 1.53. The van der Waals surface area contributed by atoms with Gasteiger partial charge in [0.2, 0.25) is 0 Å². The van der Waals surface area contributed by atoms with Crippen LogP contribution in [0.3, 0.4) is 0 Å². The molecule has 3 N–H and O–H groups in total. The van der Waals surface area contributed by atoms with Crippen LogP contribution < -0.4 is 11.1 Å². The van der Waals surface area contributed by atoms with E-state index in [9.17, 15) is 9.18 Å². The molecule has 0 heterocycles. The van der Waals surface area contributed by atoms with Gasteiger partial charge in [-0.15, -0.1) is 0 Å². The van der Waals surface area contributed by atoms with Crippen LogP contribution in [0.4, 0.5) is 10.1 Å². The molecule has 64 valence electrons. The maximum atomic E-state index is 12.9. The van der Waals surface area contributed by atoms with E-state index >= 15 is 0 Å². The van der Waals surface area contributed by atoms with Gasteiger partial charge in [-0.05, 0) is 12.1 Å². The summed E-state index contributed by atoms with van der Waals surface area (Å²) >= 11 is 0. The van der Waals surface area contributed by atoms with E-state index in [1.165, 1.54) is 25.2 Å². The highest BCUT2D eigenvalue weighted by Crippen LogP contribution is 2.17. The predicted molar refractivity (Wildman–Crippen MR) is 44.5 cm³/mol. The lowest BCUT2D eigenvalue weighted by molar-refractivity contribution is 0.100. The number of carbonyl (C=O) groups excluding carboxylic acids is 1. The number of anilines is 1. The SMILES string of the molecule is CNc1c(F)cccc1C(N)=O. The minimum absolute atomic E-state index is 0.144. The number of para-hydroxylation sites is 1. The topological polar surface area (TPSA) is 55.1 Å². The Morgan fingerprint density at radius 2 is 2.25 bits per heavy atom. The van der Waals surface area contributed by atoms with Crippen molar-refractivity contribution in [3.8, 4) is 0 Å². The van der Waals surface area contributed by atoms with Gasteiger partial charge in [-0.2, -0.15) is 0 Å². The Kier molecular flexibility index (Phi) is 2.28. The van der Waals surface area contributed by atoms with E-state index in [1.807, 2.05) is 0 Å². The molecule has 0 spiro atoms. The van der Waals surface area contributed by atoms with Crippen LogP contribution in [0.2, 0.25) is 0 Å². The van der Waals surface area contributed by atoms with E-state index in [0.717, 1.165) is 0 Å². The van der Waals surface area contributed by atoms with Crippen LogP contribution in [0, 0.1) is 5.82 Å². The Balaban J connectivity index is 3.27. The van der Waals surface area contributed by atoms with Crippen LogP contribution in [0.1, 0.15) is 10.4 Å². The smallest absolute Gasteiger partial charge is 0.250 e. The van der Waals surface area contributed by atoms with E-state index in [4.69, 9.17) is 5.73 Å². The van der Waals surface area contributed by atoms with Crippen LogP contribution in [-0.4, -0.2) is 13.0 Å². The van der Waals surface area contributed by atoms with Gasteiger partial charge in [-0.25, -0.2) is 4.39 Å². The second kappa shape index (κ2) is 3.21. The average Bonchev–Trinajstić information content (AvgIpc) is 2.03. The first-order valence-corrected chi connectivity index (χ1v) is 3.43. The standard InChI is InChI=1S/C8H9FN2O/c1-11-7-5(8(10)12)3-2-4-6(7)9/h2-4,11H,1H3,(H2,10,12). The van der Waals surface area contributed by atoms with Crippen LogP contribution in [0.25, 0.3) is 0 Å². The predicted octanol–water partition coefficient (Wildman–Crippen LogP) is 0.966. The zero-order chi connectivity index (χ0) is 9.14. The Hall–Kier alpha value is -1.58. The van der Waals surface area contributed by atoms with Gasteiger partial charge in [0.1, 0.15) is 5.82 Å². The molecule has 1 aromatic carbocycles. The van der Waals surface area contributed by atoms with Crippen LogP contribution >= 0.6 is 0 Å². The molecule has 0 saturated carbocycles. The van der Waals surface area contributed by atoms with E-state index in [1.54, 1.807) is 0 Å². The fourth-order valence-corrected chi connectivity index (χ4v) is 0.984. The molecule has 0 aromatic heterocycles. The molecule has 0 fully saturated rings. The Bertz CT molecular complexity index is 312. The Morgan fingerprint density at radius 1 is 1.58 bits per heavy atom. The molecule has 4 heteroatoms. The number of hydrogen-bond donors (Lipinski definition) is 2. The number of halogens is 1.